The minimum atomic E-state index is -0.604. The molecule has 22 heavy (non-hydrogen) atoms. The third-order valence-electron chi connectivity index (χ3n) is 2.71. The molecule has 0 saturated heterocycles. The Kier molecular flexibility index (Phi) is 5.30. The van der Waals surface area contributed by atoms with Gasteiger partial charge in [-0.2, -0.15) is 0 Å². The van der Waals surface area contributed by atoms with Gasteiger partial charge in [-0.25, -0.2) is 0 Å². The summed E-state index contributed by atoms with van der Waals surface area (Å²) in [7, 11) is 0. The van der Waals surface area contributed by atoms with Crippen LogP contribution in [-0.4, -0.2) is 10.8 Å². The molecule has 5 nitrogen and oxygen atoms in total. The van der Waals surface area contributed by atoms with Gasteiger partial charge in [0.25, 0.3) is 11.6 Å². The number of carbonyl (C=O) groups is 1. The van der Waals surface area contributed by atoms with Crippen molar-refractivity contribution in [1.29, 1.82) is 0 Å². The van der Waals surface area contributed by atoms with Crippen LogP contribution < -0.4 is 5.32 Å². The molecule has 0 unspecified atom stereocenters. The monoisotopic (exact) mass is 380 g/mol. The first kappa shape index (κ1) is 16.2. The first-order chi connectivity index (χ1) is 10.5. The number of carbonyl (C=O) groups excluding carboxylic acids is 1. The lowest BCUT2D eigenvalue weighted by Gasteiger charge is -2.05. The Labute approximate surface area is 139 Å². The van der Waals surface area contributed by atoms with Crippen molar-refractivity contribution in [2.45, 2.75) is 0 Å². The summed E-state index contributed by atoms with van der Waals surface area (Å²) < 4.78 is 0.302. The standard InChI is InChI=1S/C15H10BrClN2O3/c16-12(8-10-4-2-1-3-5-10)15(20)18-11-6-7-13(17)14(9-11)19(21)22/h1-9H,(H,18,20)/b12-8-. The van der Waals surface area contributed by atoms with E-state index in [1.165, 1.54) is 18.2 Å². The van der Waals surface area contributed by atoms with E-state index in [1.54, 1.807) is 6.08 Å². The highest BCUT2D eigenvalue weighted by Crippen LogP contribution is 2.27. The molecule has 0 aliphatic rings. The van der Waals surface area contributed by atoms with Gasteiger partial charge in [0.1, 0.15) is 5.02 Å². The summed E-state index contributed by atoms with van der Waals surface area (Å²) in [5.74, 6) is -0.416. The van der Waals surface area contributed by atoms with E-state index in [9.17, 15) is 14.9 Å². The molecule has 0 fully saturated rings. The van der Waals surface area contributed by atoms with Gasteiger partial charge in [0.05, 0.1) is 9.41 Å². The lowest BCUT2D eigenvalue weighted by atomic mass is 10.2. The van der Waals surface area contributed by atoms with E-state index in [2.05, 4.69) is 21.2 Å². The topological polar surface area (TPSA) is 72.2 Å². The maximum atomic E-state index is 12.1. The molecular formula is C15H10BrClN2O3. The first-order valence-corrected chi connectivity index (χ1v) is 7.32. The third kappa shape index (κ3) is 4.16. The van der Waals surface area contributed by atoms with Crippen LogP contribution in [0.25, 0.3) is 6.08 Å². The number of nitrogens with one attached hydrogen (secondary N) is 1. The average molecular weight is 382 g/mol. The van der Waals surface area contributed by atoms with Crippen LogP contribution in [0.15, 0.2) is 53.0 Å². The Morgan fingerprint density at radius 3 is 2.55 bits per heavy atom. The van der Waals surface area contributed by atoms with Crippen LogP contribution in [0.2, 0.25) is 5.02 Å². The molecule has 1 N–H and O–H groups in total. The zero-order valence-corrected chi connectivity index (χ0v) is 13.5. The molecule has 2 aromatic carbocycles. The van der Waals surface area contributed by atoms with E-state index < -0.39 is 10.8 Å². The summed E-state index contributed by atoms with van der Waals surface area (Å²) >= 11 is 8.91. The Hall–Kier alpha value is -2.18. The van der Waals surface area contributed by atoms with E-state index in [0.717, 1.165) is 5.56 Å². The molecule has 7 heteroatoms. The molecule has 0 heterocycles. The van der Waals surface area contributed by atoms with Gasteiger partial charge < -0.3 is 5.32 Å². The van der Waals surface area contributed by atoms with Gasteiger partial charge in [-0.05, 0) is 39.7 Å². The number of nitro benzene ring substituents is 1. The molecule has 0 aromatic heterocycles. The van der Waals surface area contributed by atoms with Crippen LogP contribution in [0.5, 0.6) is 0 Å². The largest absolute Gasteiger partial charge is 0.321 e. The van der Waals surface area contributed by atoms with E-state index in [1.807, 2.05) is 30.3 Å². The molecule has 2 rings (SSSR count). The highest BCUT2D eigenvalue weighted by molar-refractivity contribution is 9.12. The highest BCUT2D eigenvalue weighted by Gasteiger charge is 2.14. The summed E-state index contributed by atoms with van der Waals surface area (Å²) in [6, 6.07) is 13.4. The van der Waals surface area contributed by atoms with Crippen LogP contribution in [-0.2, 0) is 4.79 Å². The second-order valence-corrected chi connectivity index (χ2v) is 5.54. The summed E-state index contributed by atoms with van der Waals surface area (Å²) in [6.07, 6.45) is 1.65. The number of rotatable bonds is 4. The lowest BCUT2D eigenvalue weighted by Crippen LogP contribution is -2.11. The Bertz CT molecular complexity index is 748. The molecule has 0 atom stereocenters. The van der Waals surface area contributed by atoms with Crippen molar-refractivity contribution in [1.82, 2.24) is 0 Å². The van der Waals surface area contributed by atoms with Gasteiger partial charge >= 0.3 is 0 Å². The van der Waals surface area contributed by atoms with E-state index >= 15 is 0 Å². The smallest absolute Gasteiger partial charge is 0.289 e. The zero-order chi connectivity index (χ0) is 16.1. The lowest BCUT2D eigenvalue weighted by molar-refractivity contribution is -0.384. The Morgan fingerprint density at radius 1 is 1.23 bits per heavy atom. The molecular weight excluding hydrogens is 372 g/mol. The fourth-order valence-corrected chi connectivity index (χ4v) is 2.23. The van der Waals surface area contributed by atoms with Crippen molar-refractivity contribution in [2.75, 3.05) is 5.32 Å². The molecule has 0 bridgehead atoms. The van der Waals surface area contributed by atoms with Crippen LogP contribution in [0.1, 0.15) is 5.56 Å². The van der Waals surface area contributed by atoms with Crippen molar-refractivity contribution in [3.8, 4) is 0 Å². The van der Waals surface area contributed by atoms with Gasteiger partial charge in [-0.15, -0.1) is 0 Å². The average Bonchev–Trinajstić information content (AvgIpc) is 2.49. The Balaban J connectivity index is 2.17. The summed E-state index contributed by atoms with van der Waals surface area (Å²) in [4.78, 5) is 22.3. The zero-order valence-electron chi connectivity index (χ0n) is 11.1. The molecule has 0 aliphatic carbocycles. The first-order valence-electron chi connectivity index (χ1n) is 6.15. The number of nitro groups is 1. The molecule has 0 aliphatic heterocycles. The molecule has 0 saturated carbocycles. The summed E-state index contributed by atoms with van der Waals surface area (Å²) in [6.45, 7) is 0. The van der Waals surface area contributed by atoms with Crippen molar-refractivity contribution in [3.63, 3.8) is 0 Å². The van der Waals surface area contributed by atoms with Gasteiger partial charge in [-0.1, -0.05) is 41.9 Å². The van der Waals surface area contributed by atoms with E-state index in [-0.39, 0.29) is 10.7 Å². The van der Waals surface area contributed by atoms with Crippen LogP contribution in [0.3, 0.4) is 0 Å². The number of hydrogen-bond acceptors (Lipinski definition) is 3. The normalized spacial score (nSPS) is 11.1. The van der Waals surface area contributed by atoms with E-state index in [4.69, 9.17) is 11.6 Å². The SMILES string of the molecule is O=C(Nc1ccc(Cl)c([N+](=O)[O-])c1)/C(Br)=C/c1ccccc1. The molecule has 0 radical (unpaired) electrons. The van der Waals surface area contributed by atoms with Gasteiger partial charge in [0.2, 0.25) is 0 Å². The third-order valence-corrected chi connectivity index (χ3v) is 3.62. The summed E-state index contributed by atoms with van der Waals surface area (Å²) in [5.41, 5.74) is 0.883. The fourth-order valence-electron chi connectivity index (χ4n) is 1.68. The number of halogens is 2. The van der Waals surface area contributed by atoms with Gasteiger partial charge in [0, 0.05) is 11.8 Å². The molecule has 2 aromatic rings. The van der Waals surface area contributed by atoms with Gasteiger partial charge in [0.15, 0.2) is 0 Å². The maximum absolute atomic E-state index is 12.1. The minimum Gasteiger partial charge on any atom is -0.321 e. The number of benzene rings is 2. The van der Waals surface area contributed by atoms with Crippen LogP contribution >= 0.6 is 27.5 Å². The number of nitrogens with zero attached hydrogens (tertiary/aromatic N) is 1. The maximum Gasteiger partial charge on any atom is 0.289 e. The second kappa shape index (κ2) is 7.20. The molecule has 112 valence electrons. The Morgan fingerprint density at radius 2 is 1.91 bits per heavy atom. The fraction of sp³-hybridized carbons (Fsp3) is 0. The van der Waals surface area contributed by atoms with Crippen LogP contribution in [0, 0.1) is 10.1 Å². The number of hydrogen-bond donors (Lipinski definition) is 1. The molecule has 1 amide bonds. The predicted molar refractivity (Wildman–Crippen MR) is 90.1 cm³/mol. The van der Waals surface area contributed by atoms with Crippen molar-refractivity contribution >= 4 is 50.9 Å². The second-order valence-electron chi connectivity index (χ2n) is 4.28. The van der Waals surface area contributed by atoms with Gasteiger partial charge in [-0.3, -0.25) is 14.9 Å². The number of anilines is 1. The van der Waals surface area contributed by atoms with Crippen molar-refractivity contribution in [2.24, 2.45) is 0 Å². The van der Waals surface area contributed by atoms with Crippen molar-refractivity contribution in [3.05, 3.63) is 73.7 Å². The van der Waals surface area contributed by atoms with Crippen LogP contribution in [0.4, 0.5) is 11.4 Å². The van der Waals surface area contributed by atoms with Crippen molar-refractivity contribution < 1.29 is 9.72 Å². The quantitative estimate of drug-likeness (QED) is 0.477. The predicted octanol–water partition coefficient (Wildman–Crippen LogP) is 4.62. The molecule has 0 spiro atoms. The highest BCUT2D eigenvalue weighted by atomic mass is 79.9. The minimum absolute atomic E-state index is 0.0156. The number of amides is 1. The summed E-state index contributed by atoms with van der Waals surface area (Å²) in [5, 5.41) is 13.4. The van der Waals surface area contributed by atoms with E-state index in [0.29, 0.717) is 10.2 Å².